The van der Waals surface area contributed by atoms with Crippen LogP contribution >= 0.6 is 0 Å². The zero-order valence-corrected chi connectivity index (χ0v) is 11.1. The summed E-state index contributed by atoms with van der Waals surface area (Å²) in [6.45, 7) is 0.852. The second kappa shape index (κ2) is 5.37. The molecular formula is C15H21NO3. The van der Waals surface area contributed by atoms with Gasteiger partial charge < -0.3 is 14.4 Å². The lowest BCUT2D eigenvalue weighted by molar-refractivity contribution is -0.139. The van der Waals surface area contributed by atoms with Crippen molar-refractivity contribution in [1.82, 2.24) is 4.90 Å². The fourth-order valence-electron chi connectivity index (χ4n) is 3.12. The van der Waals surface area contributed by atoms with Crippen LogP contribution in [0.2, 0.25) is 0 Å². The highest BCUT2D eigenvalue weighted by Gasteiger charge is 2.36. The van der Waals surface area contributed by atoms with Crippen LogP contribution < -0.4 is 0 Å². The Balaban J connectivity index is 1.61. The van der Waals surface area contributed by atoms with Crippen molar-refractivity contribution in [3.63, 3.8) is 0 Å². The van der Waals surface area contributed by atoms with Gasteiger partial charge in [0.15, 0.2) is 0 Å². The number of likely N-dealkylation sites (tertiary alicyclic amines) is 1. The fraction of sp³-hybridized carbons (Fsp3) is 0.667. The Hall–Kier alpha value is -1.29. The third kappa shape index (κ3) is 2.54. The van der Waals surface area contributed by atoms with E-state index in [-0.39, 0.29) is 12.0 Å². The summed E-state index contributed by atoms with van der Waals surface area (Å²) in [4.78, 5) is 14.3. The molecule has 1 aromatic heterocycles. The second-order valence-electron chi connectivity index (χ2n) is 5.72. The highest BCUT2D eigenvalue weighted by atomic mass is 16.4. The van der Waals surface area contributed by atoms with Gasteiger partial charge in [-0.2, -0.15) is 0 Å². The van der Waals surface area contributed by atoms with E-state index in [9.17, 15) is 9.90 Å². The van der Waals surface area contributed by atoms with E-state index < -0.39 is 6.10 Å². The molecule has 0 bridgehead atoms. The molecule has 104 valence electrons. The van der Waals surface area contributed by atoms with E-state index in [0.29, 0.717) is 18.1 Å². The molecule has 1 N–H and O–H groups in total. The first-order chi connectivity index (χ1) is 9.25. The summed E-state index contributed by atoms with van der Waals surface area (Å²) in [7, 11) is 0. The predicted molar refractivity (Wildman–Crippen MR) is 70.4 cm³/mol. The van der Waals surface area contributed by atoms with Gasteiger partial charge in [-0.05, 0) is 37.8 Å². The molecular weight excluding hydrogens is 242 g/mol. The normalized spacial score (nSPS) is 25.3. The molecule has 2 aliphatic rings. The molecule has 19 heavy (non-hydrogen) atoms. The van der Waals surface area contributed by atoms with Gasteiger partial charge in [0.1, 0.15) is 11.9 Å². The van der Waals surface area contributed by atoms with Crippen molar-refractivity contribution in [2.24, 2.45) is 5.92 Å². The van der Waals surface area contributed by atoms with Crippen LogP contribution in [-0.2, 0) is 4.79 Å². The van der Waals surface area contributed by atoms with Crippen LogP contribution in [0.15, 0.2) is 22.8 Å². The van der Waals surface area contributed by atoms with E-state index in [1.165, 1.54) is 6.42 Å². The standard InChI is InChI=1S/C15H21NO3/c17-13(14-7-3-9-19-14)10-12-6-2-8-16(12)15(18)11-4-1-5-11/h3,7,9,11-13,17H,1-2,4-6,8,10H2. The molecule has 0 aromatic carbocycles. The van der Waals surface area contributed by atoms with Crippen LogP contribution in [0.4, 0.5) is 0 Å². The summed E-state index contributed by atoms with van der Waals surface area (Å²) in [6, 6.07) is 3.75. The predicted octanol–water partition coefficient (Wildman–Crippen LogP) is 2.49. The number of hydrogen-bond acceptors (Lipinski definition) is 3. The van der Waals surface area contributed by atoms with Gasteiger partial charge in [-0.25, -0.2) is 0 Å². The number of amides is 1. The number of nitrogens with zero attached hydrogens (tertiary/aromatic N) is 1. The highest BCUT2D eigenvalue weighted by Crippen LogP contribution is 2.33. The van der Waals surface area contributed by atoms with Crippen molar-refractivity contribution in [3.05, 3.63) is 24.2 Å². The van der Waals surface area contributed by atoms with Crippen LogP contribution in [0, 0.1) is 5.92 Å². The van der Waals surface area contributed by atoms with Crippen LogP contribution in [0.3, 0.4) is 0 Å². The Morgan fingerprint density at radius 3 is 2.89 bits per heavy atom. The van der Waals surface area contributed by atoms with Crippen LogP contribution in [0.25, 0.3) is 0 Å². The van der Waals surface area contributed by atoms with Crippen LogP contribution in [-0.4, -0.2) is 28.5 Å². The van der Waals surface area contributed by atoms with Gasteiger partial charge in [0, 0.05) is 24.9 Å². The largest absolute Gasteiger partial charge is 0.467 e. The zero-order chi connectivity index (χ0) is 13.2. The van der Waals surface area contributed by atoms with Crippen molar-refractivity contribution >= 4 is 5.91 Å². The minimum absolute atomic E-state index is 0.174. The van der Waals surface area contributed by atoms with Gasteiger partial charge >= 0.3 is 0 Å². The van der Waals surface area contributed by atoms with E-state index in [1.54, 1.807) is 18.4 Å². The third-order valence-electron chi connectivity index (χ3n) is 4.48. The molecule has 2 fully saturated rings. The first-order valence-electron chi connectivity index (χ1n) is 7.27. The van der Waals surface area contributed by atoms with Gasteiger partial charge in [0.05, 0.1) is 6.26 Å². The lowest BCUT2D eigenvalue weighted by atomic mass is 9.84. The lowest BCUT2D eigenvalue weighted by Crippen LogP contribution is -2.42. The Kier molecular flexibility index (Phi) is 3.60. The summed E-state index contributed by atoms with van der Waals surface area (Å²) in [5, 5.41) is 10.1. The number of carbonyl (C=O) groups excluding carboxylic acids is 1. The summed E-state index contributed by atoms with van der Waals surface area (Å²) in [5.74, 6) is 1.16. The fourth-order valence-corrected chi connectivity index (χ4v) is 3.12. The molecule has 2 atom stereocenters. The molecule has 1 aliphatic heterocycles. The third-order valence-corrected chi connectivity index (χ3v) is 4.48. The molecule has 1 amide bonds. The summed E-state index contributed by atoms with van der Waals surface area (Å²) in [6.07, 6.45) is 6.88. The average molecular weight is 263 g/mol. The molecule has 0 radical (unpaired) electrons. The molecule has 2 unspecified atom stereocenters. The lowest BCUT2D eigenvalue weighted by Gasteiger charge is -2.33. The van der Waals surface area contributed by atoms with Crippen LogP contribution in [0.5, 0.6) is 0 Å². The summed E-state index contributed by atoms with van der Waals surface area (Å²) >= 11 is 0. The molecule has 4 nitrogen and oxygen atoms in total. The van der Waals surface area contributed by atoms with Gasteiger partial charge in [-0.1, -0.05) is 6.42 Å². The Morgan fingerprint density at radius 2 is 2.26 bits per heavy atom. The maximum atomic E-state index is 12.3. The molecule has 4 heteroatoms. The van der Waals surface area contributed by atoms with E-state index in [2.05, 4.69) is 0 Å². The molecule has 0 spiro atoms. The van der Waals surface area contributed by atoms with Crippen molar-refractivity contribution in [1.29, 1.82) is 0 Å². The average Bonchev–Trinajstić information content (AvgIpc) is 2.96. The topological polar surface area (TPSA) is 53.7 Å². The number of carbonyl (C=O) groups is 1. The van der Waals surface area contributed by atoms with Crippen molar-refractivity contribution in [3.8, 4) is 0 Å². The first kappa shape index (κ1) is 12.7. The van der Waals surface area contributed by atoms with Gasteiger partial charge in [-0.3, -0.25) is 4.79 Å². The van der Waals surface area contributed by atoms with Crippen molar-refractivity contribution in [2.45, 2.75) is 50.7 Å². The number of furan rings is 1. The van der Waals surface area contributed by atoms with Gasteiger partial charge in [-0.15, -0.1) is 0 Å². The summed E-state index contributed by atoms with van der Waals surface area (Å²) < 4.78 is 5.23. The minimum atomic E-state index is -0.602. The smallest absolute Gasteiger partial charge is 0.225 e. The minimum Gasteiger partial charge on any atom is -0.467 e. The molecule has 2 heterocycles. The van der Waals surface area contributed by atoms with Crippen molar-refractivity contribution in [2.75, 3.05) is 6.54 Å². The Bertz CT molecular complexity index is 425. The number of hydrogen-bond donors (Lipinski definition) is 1. The summed E-state index contributed by atoms with van der Waals surface area (Å²) in [5.41, 5.74) is 0. The number of rotatable bonds is 4. The maximum Gasteiger partial charge on any atom is 0.225 e. The van der Waals surface area contributed by atoms with E-state index in [4.69, 9.17) is 4.42 Å². The SMILES string of the molecule is O=C(C1CCC1)N1CCCC1CC(O)c1ccco1. The van der Waals surface area contributed by atoms with E-state index in [0.717, 1.165) is 32.2 Å². The maximum absolute atomic E-state index is 12.3. The monoisotopic (exact) mass is 263 g/mol. The molecule has 1 saturated carbocycles. The van der Waals surface area contributed by atoms with Gasteiger partial charge in [0.2, 0.25) is 5.91 Å². The zero-order valence-electron chi connectivity index (χ0n) is 11.1. The first-order valence-corrected chi connectivity index (χ1v) is 7.27. The van der Waals surface area contributed by atoms with E-state index in [1.807, 2.05) is 4.90 Å². The van der Waals surface area contributed by atoms with Gasteiger partial charge in [0.25, 0.3) is 0 Å². The number of aliphatic hydroxyl groups excluding tert-OH is 1. The van der Waals surface area contributed by atoms with E-state index >= 15 is 0 Å². The quantitative estimate of drug-likeness (QED) is 0.908. The molecule has 1 aliphatic carbocycles. The molecule has 1 saturated heterocycles. The second-order valence-corrected chi connectivity index (χ2v) is 5.72. The Labute approximate surface area is 113 Å². The molecule has 3 rings (SSSR count). The van der Waals surface area contributed by atoms with Crippen molar-refractivity contribution < 1.29 is 14.3 Å². The highest BCUT2D eigenvalue weighted by molar-refractivity contribution is 5.80. The Morgan fingerprint density at radius 1 is 1.42 bits per heavy atom. The van der Waals surface area contributed by atoms with Crippen LogP contribution in [0.1, 0.15) is 50.4 Å². The number of aliphatic hydroxyl groups is 1. The molecule has 1 aromatic rings.